The molecule has 2 aromatic heterocycles. The van der Waals surface area contributed by atoms with E-state index >= 15 is 0 Å². The molecule has 19 heavy (non-hydrogen) atoms. The molecule has 1 N–H and O–H groups in total. The molecule has 2 heterocycles. The summed E-state index contributed by atoms with van der Waals surface area (Å²) >= 11 is 0. The first kappa shape index (κ1) is 11.9. The minimum Gasteiger partial charge on any atom is -0.466 e. The maximum Gasteiger partial charge on any atom is 0.107 e. The summed E-state index contributed by atoms with van der Waals surface area (Å²) in [6.07, 6.45) is 1.10. The van der Waals surface area contributed by atoms with E-state index < -0.39 is 6.10 Å². The fraction of sp³-hybridized carbons (Fsp3) is 0.188. The van der Waals surface area contributed by atoms with Gasteiger partial charge in [-0.1, -0.05) is 12.1 Å². The van der Waals surface area contributed by atoms with Crippen molar-refractivity contribution in [1.29, 1.82) is 0 Å². The lowest BCUT2D eigenvalue weighted by Gasteiger charge is -2.10. The molecule has 1 unspecified atom stereocenters. The smallest absolute Gasteiger partial charge is 0.107 e. The van der Waals surface area contributed by atoms with Gasteiger partial charge >= 0.3 is 0 Å². The summed E-state index contributed by atoms with van der Waals surface area (Å²) in [7, 11) is 0. The van der Waals surface area contributed by atoms with Crippen LogP contribution in [0.15, 0.2) is 47.0 Å². The van der Waals surface area contributed by atoms with E-state index in [1.807, 2.05) is 50.2 Å². The molecule has 96 valence electrons. The number of aliphatic hydroxyl groups is 1. The van der Waals surface area contributed by atoms with Gasteiger partial charge in [-0.2, -0.15) is 0 Å². The van der Waals surface area contributed by atoms with Crippen LogP contribution in [0.5, 0.6) is 0 Å². The van der Waals surface area contributed by atoms with Crippen LogP contribution in [0.2, 0.25) is 0 Å². The van der Waals surface area contributed by atoms with Gasteiger partial charge in [0.1, 0.15) is 17.6 Å². The van der Waals surface area contributed by atoms with Gasteiger partial charge in [0.15, 0.2) is 0 Å². The number of hydrogen-bond acceptors (Lipinski definition) is 3. The number of aryl methyl sites for hydroxylation is 2. The van der Waals surface area contributed by atoms with Gasteiger partial charge in [-0.15, -0.1) is 0 Å². The van der Waals surface area contributed by atoms with E-state index in [4.69, 9.17) is 4.42 Å². The average Bonchev–Trinajstić information content (AvgIpc) is 2.76. The lowest BCUT2D eigenvalue weighted by atomic mass is 10.0. The zero-order chi connectivity index (χ0) is 13.4. The zero-order valence-electron chi connectivity index (χ0n) is 10.9. The topological polar surface area (TPSA) is 46.3 Å². The van der Waals surface area contributed by atoms with Crippen LogP contribution < -0.4 is 0 Å². The highest BCUT2D eigenvalue weighted by atomic mass is 16.3. The highest BCUT2D eigenvalue weighted by Gasteiger charge is 2.16. The summed E-state index contributed by atoms with van der Waals surface area (Å²) in [5.41, 5.74) is 2.60. The van der Waals surface area contributed by atoms with Gasteiger partial charge in [-0.3, -0.25) is 4.98 Å². The van der Waals surface area contributed by atoms with Crippen LogP contribution >= 0.6 is 0 Å². The van der Waals surface area contributed by atoms with Crippen LogP contribution in [0.4, 0.5) is 0 Å². The van der Waals surface area contributed by atoms with Crippen molar-refractivity contribution in [3.8, 4) is 0 Å². The second kappa shape index (κ2) is 4.52. The van der Waals surface area contributed by atoms with Crippen molar-refractivity contribution in [2.45, 2.75) is 20.0 Å². The van der Waals surface area contributed by atoms with E-state index in [1.54, 1.807) is 6.20 Å². The van der Waals surface area contributed by atoms with Crippen molar-refractivity contribution in [1.82, 2.24) is 4.98 Å². The van der Waals surface area contributed by atoms with Gasteiger partial charge < -0.3 is 9.52 Å². The normalized spacial score (nSPS) is 12.8. The predicted molar refractivity (Wildman–Crippen MR) is 74.0 cm³/mol. The quantitative estimate of drug-likeness (QED) is 0.760. The number of pyridine rings is 1. The Bertz CT molecular complexity index is 730. The molecule has 0 fully saturated rings. The number of nitrogens with zero attached hydrogens (tertiary/aromatic N) is 1. The fourth-order valence-corrected chi connectivity index (χ4v) is 2.37. The fourth-order valence-electron chi connectivity index (χ4n) is 2.37. The van der Waals surface area contributed by atoms with Gasteiger partial charge in [-0.25, -0.2) is 0 Å². The molecule has 3 heteroatoms. The Hall–Kier alpha value is -2.13. The average molecular weight is 253 g/mol. The number of hydrogen-bond donors (Lipinski definition) is 1. The second-order valence-corrected chi connectivity index (χ2v) is 4.73. The summed E-state index contributed by atoms with van der Waals surface area (Å²) in [6.45, 7) is 3.75. The van der Waals surface area contributed by atoms with Crippen LogP contribution in [0.1, 0.15) is 28.8 Å². The van der Waals surface area contributed by atoms with Crippen LogP contribution in [0.25, 0.3) is 10.9 Å². The molecular weight excluding hydrogens is 238 g/mol. The molecule has 1 aromatic carbocycles. The molecule has 3 nitrogen and oxygen atoms in total. The zero-order valence-corrected chi connectivity index (χ0v) is 10.9. The summed E-state index contributed by atoms with van der Waals surface area (Å²) in [5.74, 6) is 1.57. The van der Waals surface area contributed by atoms with Gasteiger partial charge in [0.05, 0.1) is 5.52 Å². The highest BCUT2D eigenvalue weighted by molar-refractivity contribution is 5.79. The summed E-state index contributed by atoms with van der Waals surface area (Å²) in [5, 5.41) is 11.5. The highest BCUT2D eigenvalue weighted by Crippen LogP contribution is 2.28. The molecule has 0 radical (unpaired) electrons. The van der Waals surface area contributed by atoms with Crippen molar-refractivity contribution >= 4 is 10.9 Å². The first-order valence-corrected chi connectivity index (χ1v) is 6.25. The Morgan fingerprint density at radius 1 is 1.16 bits per heavy atom. The van der Waals surface area contributed by atoms with Crippen molar-refractivity contribution in [3.63, 3.8) is 0 Å². The van der Waals surface area contributed by atoms with Crippen molar-refractivity contribution < 1.29 is 9.52 Å². The van der Waals surface area contributed by atoms with Crippen LogP contribution in [0.3, 0.4) is 0 Å². The Kier molecular flexibility index (Phi) is 2.84. The molecule has 0 aliphatic heterocycles. The molecule has 0 aliphatic rings. The molecule has 3 rings (SSSR count). The van der Waals surface area contributed by atoms with Crippen LogP contribution in [-0.2, 0) is 0 Å². The number of rotatable bonds is 2. The first-order chi connectivity index (χ1) is 9.15. The van der Waals surface area contributed by atoms with E-state index in [2.05, 4.69) is 4.98 Å². The predicted octanol–water partition coefficient (Wildman–Crippen LogP) is 3.53. The van der Waals surface area contributed by atoms with Gasteiger partial charge in [0.25, 0.3) is 0 Å². The van der Waals surface area contributed by atoms with Crippen molar-refractivity contribution in [2.24, 2.45) is 0 Å². The maximum absolute atomic E-state index is 10.5. The molecule has 0 saturated heterocycles. The molecule has 0 spiro atoms. The maximum atomic E-state index is 10.5. The SMILES string of the molecule is Cc1cc(C(O)c2ccc3ncccc3c2)c(C)o1. The number of fused-ring (bicyclic) bond motifs is 1. The number of aromatic nitrogens is 1. The molecule has 1 atom stereocenters. The molecular formula is C16H15NO2. The standard InChI is InChI=1S/C16H15NO2/c1-10-8-14(11(2)19-10)16(18)13-5-6-15-12(9-13)4-3-7-17-15/h3-9,16,18H,1-2H3. The molecule has 0 aliphatic carbocycles. The summed E-state index contributed by atoms with van der Waals surface area (Å²) in [4.78, 5) is 4.28. The van der Waals surface area contributed by atoms with Crippen molar-refractivity contribution in [2.75, 3.05) is 0 Å². The van der Waals surface area contributed by atoms with E-state index in [0.29, 0.717) is 0 Å². The number of furan rings is 1. The Balaban J connectivity index is 2.06. The monoisotopic (exact) mass is 253 g/mol. The van der Waals surface area contributed by atoms with Gasteiger partial charge in [0.2, 0.25) is 0 Å². The van der Waals surface area contributed by atoms with E-state index in [9.17, 15) is 5.11 Å². The Morgan fingerprint density at radius 3 is 2.74 bits per heavy atom. The van der Waals surface area contributed by atoms with E-state index in [0.717, 1.165) is 33.6 Å². The third-order valence-electron chi connectivity index (χ3n) is 3.32. The number of benzene rings is 1. The van der Waals surface area contributed by atoms with Crippen LogP contribution in [-0.4, -0.2) is 10.1 Å². The molecule has 0 bridgehead atoms. The largest absolute Gasteiger partial charge is 0.466 e. The lowest BCUT2D eigenvalue weighted by molar-refractivity contribution is 0.218. The molecule has 0 saturated carbocycles. The van der Waals surface area contributed by atoms with E-state index in [-0.39, 0.29) is 0 Å². The number of aliphatic hydroxyl groups excluding tert-OH is 1. The van der Waals surface area contributed by atoms with E-state index in [1.165, 1.54) is 0 Å². The Labute approximate surface area is 111 Å². The third kappa shape index (κ3) is 2.13. The lowest BCUT2D eigenvalue weighted by Crippen LogP contribution is -1.99. The summed E-state index contributed by atoms with van der Waals surface area (Å²) in [6, 6.07) is 11.6. The summed E-state index contributed by atoms with van der Waals surface area (Å²) < 4.78 is 5.47. The first-order valence-electron chi connectivity index (χ1n) is 6.25. The molecule has 3 aromatic rings. The van der Waals surface area contributed by atoms with Crippen molar-refractivity contribution in [3.05, 3.63) is 65.2 Å². The second-order valence-electron chi connectivity index (χ2n) is 4.73. The minimum absolute atomic E-state index is 0.665. The molecule has 0 amide bonds. The third-order valence-corrected chi connectivity index (χ3v) is 3.32. The van der Waals surface area contributed by atoms with Gasteiger partial charge in [-0.05, 0) is 43.7 Å². The minimum atomic E-state index is -0.665. The van der Waals surface area contributed by atoms with Gasteiger partial charge in [0, 0.05) is 17.1 Å². The Morgan fingerprint density at radius 2 is 2.00 bits per heavy atom. The van der Waals surface area contributed by atoms with Crippen LogP contribution in [0, 0.1) is 13.8 Å².